The molecule has 4 rings (SSSR count). The highest BCUT2D eigenvalue weighted by Crippen LogP contribution is 2.47. The van der Waals surface area contributed by atoms with Gasteiger partial charge in [-0.05, 0) is 75.0 Å². The first-order valence-electron chi connectivity index (χ1n) is 19.9. The van der Waals surface area contributed by atoms with Crippen molar-refractivity contribution in [2.24, 2.45) is 29.1 Å². The lowest BCUT2D eigenvalue weighted by Crippen LogP contribution is -2.49. The first-order chi connectivity index (χ1) is 25.2. The number of amides is 2. The number of hydrogen-bond donors (Lipinski definition) is 2. The summed E-state index contributed by atoms with van der Waals surface area (Å²) in [6.45, 7) is 13.8. The van der Waals surface area contributed by atoms with Gasteiger partial charge in [0.05, 0.1) is 18.6 Å². The monoisotopic (exact) mass is 728 g/mol. The molecular weight excluding hydrogens is 665 g/mol. The minimum Gasteiger partial charge on any atom is -0.346 e. The summed E-state index contributed by atoms with van der Waals surface area (Å²) < 4.78 is 0. The van der Waals surface area contributed by atoms with Gasteiger partial charge >= 0.3 is 0 Å². The fourth-order valence-corrected chi connectivity index (χ4v) is 7.33. The molecule has 2 aliphatic rings. The van der Waals surface area contributed by atoms with E-state index >= 15 is 0 Å². The zero-order valence-electron chi connectivity index (χ0n) is 33.1. The molecule has 2 aromatic carbocycles. The van der Waals surface area contributed by atoms with Gasteiger partial charge in [-0.15, -0.1) is 0 Å². The van der Waals surface area contributed by atoms with E-state index < -0.39 is 29.3 Å². The van der Waals surface area contributed by atoms with Crippen LogP contribution in [0.1, 0.15) is 90.7 Å². The number of aryl methyl sites for hydroxylation is 1. The van der Waals surface area contributed by atoms with Gasteiger partial charge in [0.15, 0.2) is 11.6 Å². The van der Waals surface area contributed by atoms with Gasteiger partial charge in [0.25, 0.3) is 0 Å². The summed E-state index contributed by atoms with van der Waals surface area (Å²) in [5, 5.41) is 6.15. The molecule has 1 saturated heterocycles. The van der Waals surface area contributed by atoms with Crippen LogP contribution < -0.4 is 10.6 Å². The summed E-state index contributed by atoms with van der Waals surface area (Å²) in [7, 11) is 2.08. The largest absolute Gasteiger partial charge is 0.346 e. The summed E-state index contributed by atoms with van der Waals surface area (Å²) >= 11 is 0. The fraction of sp³-hybridized carbons (Fsp3) is 0.614. The van der Waals surface area contributed by atoms with Crippen LogP contribution in [0.25, 0.3) is 0 Å². The molecule has 1 aliphatic carbocycles. The van der Waals surface area contributed by atoms with Crippen LogP contribution in [0.4, 0.5) is 0 Å². The average molecular weight is 729 g/mol. The maximum absolute atomic E-state index is 14.3. The lowest BCUT2D eigenvalue weighted by Gasteiger charge is -2.32. The maximum Gasteiger partial charge on any atom is 0.224 e. The SMILES string of the molecule is CC(C)C[C@H](NC(=O)C(CCc1ccccc1)CC(=O)CN1CCN(C)CC1)C(=O)C[C@@H](Cc1ccccc1)C(=O)N[C@@H](CC(C)C)C(=O)C1(C)CC1. The molecule has 9 nitrogen and oxygen atoms in total. The second-order valence-corrected chi connectivity index (χ2v) is 16.9. The van der Waals surface area contributed by atoms with Crippen LogP contribution in [-0.4, -0.2) is 90.8 Å². The quantitative estimate of drug-likeness (QED) is 0.160. The summed E-state index contributed by atoms with van der Waals surface area (Å²) in [6.07, 6.45) is 4.09. The Bertz CT molecular complexity index is 1500. The van der Waals surface area contributed by atoms with Crippen LogP contribution in [0.3, 0.4) is 0 Å². The van der Waals surface area contributed by atoms with Crippen LogP contribution in [-0.2, 0) is 36.8 Å². The summed E-state index contributed by atoms with van der Waals surface area (Å²) in [5.74, 6) is -1.73. The second kappa shape index (κ2) is 20.1. The van der Waals surface area contributed by atoms with Gasteiger partial charge in [0, 0.05) is 56.3 Å². The molecule has 2 fully saturated rings. The molecule has 1 aliphatic heterocycles. The van der Waals surface area contributed by atoms with Crippen molar-refractivity contribution in [2.75, 3.05) is 39.8 Å². The van der Waals surface area contributed by atoms with Crippen molar-refractivity contribution in [2.45, 2.75) is 104 Å². The molecular formula is C44H64N4O5. The first kappa shape index (κ1) is 42.1. The van der Waals surface area contributed by atoms with Crippen LogP contribution in [0, 0.1) is 29.1 Å². The van der Waals surface area contributed by atoms with Crippen LogP contribution in [0.15, 0.2) is 60.7 Å². The van der Waals surface area contributed by atoms with Gasteiger partial charge in [0.1, 0.15) is 5.78 Å². The molecule has 0 spiro atoms. The van der Waals surface area contributed by atoms with Crippen molar-refractivity contribution >= 4 is 29.2 Å². The highest BCUT2D eigenvalue weighted by molar-refractivity contribution is 5.97. The van der Waals surface area contributed by atoms with E-state index in [2.05, 4.69) is 27.5 Å². The Hall–Kier alpha value is -3.69. The molecule has 53 heavy (non-hydrogen) atoms. The van der Waals surface area contributed by atoms with Crippen LogP contribution in [0.2, 0.25) is 0 Å². The molecule has 4 atom stereocenters. The van der Waals surface area contributed by atoms with Crippen molar-refractivity contribution in [1.82, 2.24) is 20.4 Å². The third-order valence-corrected chi connectivity index (χ3v) is 11.0. The molecule has 0 bridgehead atoms. The van der Waals surface area contributed by atoms with Gasteiger partial charge < -0.3 is 15.5 Å². The predicted octanol–water partition coefficient (Wildman–Crippen LogP) is 5.69. The lowest BCUT2D eigenvalue weighted by molar-refractivity contribution is -0.135. The molecule has 290 valence electrons. The van der Waals surface area contributed by atoms with Gasteiger partial charge in [0.2, 0.25) is 11.8 Å². The van der Waals surface area contributed by atoms with Gasteiger partial charge in [-0.1, -0.05) is 95.3 Å². The average Bonchev–Trinajstić information content (AvgIpc) is 3.88. The van der Waals surface area contributed by atoms with E-state index in [1.807, 2.05) is 95.3 Å². The Morgan fingerprint density at radius 1 is 0.698 bits per heavy atom. The van der Waals surface area contributed by atoms with Gasteiger partial charge in [-0.25, -0.2) is 0 Å². The molecule has 0 aromatic heterocycles. The Morgan fingerprint density at radius 3 is 1.79 bits per heavy atom. The number of hydrogen-bond acceptors (Lipinski definition) is 7. The van der Waals surface area contributed by atoms with Crippen molar-refractivity contribution in [3.05, 3.63) is 71.8 Å². The van der Waals surface area contributed by atoms with Crippen molar-refractivity contribution < 1.29 is 24.0 Å². The van der Waals surface area contributed by atoms with E-state index in [1.165, 1.54) is 0 Å². The van der Waals surface area contributed by atoms with E-state index in [9.17, 15) is 24.0 Å². The minimum absolute atomic E-state index is 0.0275. The maximum atomic E-state index is 14.3. The number of carbonyl (C=O) groups excluding carboxylic acids is 5. The molecule has 1 unspecified atom stereocenters. The molecule has 2 amide bonds. The number of Topliss-reactive ketones (excluding diaryl/α,β-unsaturated/α-hetero) is 3. The number of benzene rings is 2. The Balaban J connectivity index is 1.51. The zero-order valence-corrected chi connectivity index (χ0v) is 33.1. The topological polar surface area (TPSA) is 116 Å². The summed E-state index contributed by atoms with van der Waals surface area (Å²) in [4.78, 5) is 73.8. The third kappa shape index (κ3) is 13.9. The molecule has 2 N–H and O–H groups in total. The highest BCUT2D eigenvalue weighted by atomic mass is 16.2. The van der Waals surface area contributed by atoms with Gasteiger partial charge in [-0.3, -0.25) is 28.9 Å². The zero-order chi connectivity index (χ0) is 38.5. The normalized spacial score (nSPS) is 18.2. The van der Waals surface area contributed by atoms with E-state index in [1.54, 1.807) is 0 Å². The smallest absolute Gasteiger partial charge is 0.224 e. The van der Waals surface area contributed by atoms with Crippen molar-refractivity contribution in [3.63, 3.8) is 0 Å². The Morgan fingerprint density at radius 2 is 1.23 bits per heavy atom. The number of piperazine rings is 1. The summed E-state index contributed by atoms with van der Waals surface area (Å²) in [6, 6.07) is 18.1. The van der Waals surface area contributed by atoms with Crippen molar-refractivity contribution in [1.29, 1.82) is 0 Å². The fourth-order valence-electron chi connectivity index (χ4n) is 7.33. The Labute approximate surface area is 318 Å². The van der Waals surface area contributed by atoms with Crippen molar-refractivity contribution in [3.8, 4) is 0 Å². The predicted molar refractivity (Wildman–Crippen MR) is 210 cm³/mol. The number of rotatable bonds is 22. The highest BCUT2D eigenvalue weighted by Gasteiger charge is 2.48. The standard InChI is InChI=1S/C44H64N4O5/c1-31(2)25-38(45-42(52)35(18-17-33-13-9-7-10-14-33)28-37(49)30-48-23-21-47(6)22-24-48)40(50)29-36(27-34-15-11-8-12-16-34)43(53)46-39(26-32(3)4)41(51)44(5)19-20-44/h7-16,31-32,35-36,38-39H,17-30H2,1-6H3,(H,45,52)(H,46,53)/t35?,36-,38+,39+/m1/s1. The number of nitrogens with zero attached hydrogens (tertiary/aromatic N) is 2. The summed E-state index contributed by atoms with van der Waals surface area (Å²) in [5.41, 5.74) is 1.62. The van der Waals surface area contributed by atoms with E-state index in [4.69, 9.17) is 0 Å². The third-order valence-electron chi connectivity index (χ3n) is 11.0. The minimum atomic E-state index is -0.806. The molecule has 0 radical (unpaired) electrons. The first-order valence-corrected chi connectivity index (χ1v) is 19.9. The van der Waals surface area contributed by atoms with Crippen LogP contribution >= 0.6 is 0 Å². The second-order valence-electron chi connectivity index (χ2n) is 16.9. The molecule has 2 aromatic rings. The molecule has 1 heterocycles. The molecule has 1 saturated carbocycles. The number of ketones is 3. The number of carbonyl (C=O) groups is 5. The number of nitrogens with one attached hydrogen (secondary N) is 2. The number of likely N-dealkylation sites (N-methyl/N-ethyl adjacent to an activating group) is 1. The lowest BCUT2D eigenvalue weighted by atomic mass is 9.87. The van der Waals surface area contributed by atoms with E-state index in [0.29, 0.717) is 38.6 Å². The van der Waals surface area contributed by atoms with E-state index in [0.717, 1.165) is 50.1 Å². The molecule has 9 heteroatoms. The Kier molecular flexibility index (Phi) is 16.0. The van der Waals surface area contributed by atoms with Crippen LogP contribution in [0.5, 0.6) is 0 Å². The van der Waals surface area contributed by atoms with E-state index in [-0.39, 0.29) is 53.8 Å². The van der Waals surface area contributed by atoms with Gasteiger partial charge in [-0.2, -0.15) is 0 Å².